The van der Waals surface area contributed by atoms with Gasteiger partial charge in [-0.2, -0.15) is 0 Å². The third kappa shape index (κ3) is 2.08. The molecular weight excluding hydrogens is 240 g/mol. The number of aromatic hydroxyl groups is 1. The lowest BCUT2D eigenvalue weighted by Crippen LogP contribution is -2.39. The molecule has 2 aromatic heterocycles. The van der Waals surface area contributed by atoms with Crippen LogP contribution in [0.1, 0.15) is 45.0 Å². The van der Waals surface area contributed by atoms with Crippen molar-refractivity contribution in [3.63, 3.8) is 0 Å². The minimum absolute atomic E-state index is 0.188. The molecule has 1 aliphatic heterocycles. The van der Waals surface area contributed by atoms with E-state index >= 15 is 0 Å². The first-order valence-electron chi connectivity index (χ1n) is 6.97. The summed E-state index contributed by atoms with van der Waals surface area (Å²) in [5.74, 6) is 1.13. The maximum Gasteiger partial charge on any atom is 0.203 e. The Morgan fingerprint density at radius 1 is 1.32 bits per heavy atom. The quantitative estimate of drug-likeness (QED) is 0.900. The fraction of sp³-hybridized carbons (Fsp3) is 0.571. The molecule has 3 rings (SSSR count). The van der Waals surface area contributed by atoms with E-state index in [1.165, 1.54) is 12.8 Å². The van der Waals surface area contributed by atoms with E-state index < -0.39 is 0 Å². The van der Waals surface area contributed by atoms with Crippen LogP contribution in [0.15, 0.2) is 18.3 Å². The maximum absolute atomic E-state index is 9.82. The summed E-state index contributed by atoms with van der Waals surface area (Å²) in [4.78, 5) is 2.48. The summed E-state index contributed by atoms with van der Waals surface area (Å²) in [6.45, 7) is 5.55. The van der Waals surface area contributed by atoms with E-state index in [0.29, 0.717) is 17.7 Å². The van der Waals surface area contributed by atoms with Gasteiger partial charge in [0.1, 0.15) is 0 Å². The van der Waals surface area contributed by atoms with Crippen molar-refractivity contribution in [2.24, 2.45) is 0 Å². The molecule has 0 bridgehead atoms. The van der Waals surface area contributed by atoms with E-state index in [2.05, 4.69) is 28.9 Å². The molecule has 0 aromatic carbocycles. The molecule has 1 unspecified atom stereocenters. The first-order valence-corrected chi connectivity index (χ1v) is 6.97. The summed E-state index contributed by atoms with van der Waals surface area (Å²) in [5.41, 5.74) is 0.548. The van der Waals surface area contributed by atoms with Gasteiger partial charge in [-0.05, 0) is 45.4 Å². The van der Waals surface area contributed by atoms with E-state index in [4.69, 9.17) is 0 Å². The second kappa shape index (κ2) is 4.81. The highest BCUT2D eigenvalue weighted by molar-refractivity contribution is 5.52. The van der Waals surface area contributed by atoms with Crippen molar-refractivity contribution >= 4 is 5.65 Å². The zero-order chi connectivity index (χ0) is 13.4. The van der Waals surface area contributed by atoms with Gasteiger partial charge in [0.15, 0.2) is 11.6 Å². The monoisotopic (exact) mass is 260 g/mol. The van der Waals surface area contributed by atoms with Crippen LogP contribution in [0.3, 0.4) is 0 Å². The van der Waals surface area contributed by atoms with Gasteiger partial charge in [0.2, 0.25) is 5.65 Å². The first kappa shape index (κ1) is 12.4. The molecule has 1 aliphatic rings. The van der Waals surface area contributed by atoms with Gasteiger partial charge in [-0.3, -0.25) is 9.30 Å². The zero-order valence-corrected chi connectivity index (χ0v) is 11.5. The van der Waals surface area contributed by atoms with Crippen LogP contribution >= 0.6 is 0 Å². The predicted octanol–water partition coefficient (Wildman–Crippen LogP) is 2.37. The fourth-order valence-electron chi connectivity index (χ4n) is 3.00. The summed E-state index contributed by atoms with van der Waals surface area (Å²) >= 11 is 0. The number of aromatic nitrogens is 3. The number of nitrogens with zero attached hydrogens (tertiary/aromatic N) is 4. The van der Waals surface area contributed by atoms with Crippen LogP contribution in [0.5, 0.6) is 5.75 Å². The Hall–Kier alpha value is -1.62. The third-order valence-corrected chi connectivity index (χ3v) is 3.95. The van der Waals surface area contributed by atoms with Crippen molar-refractivity contribution < 1.29 is 5.11 Å². The fourth-order valence-corrected chi connectivity index (χ4v) is 3.00. The minimum atomic E-state index is 0.188. The molecule has 5 heteroatoms. The molecule has 1 fully saturated rings. The molecule has 1 N–H and O–H groups in total. The Morgan fingerprint density at radius 2 is 2.16 bits per heavy atom. The number of hydrogen-bond donors (Lipinski definition) is 1. The van der Waals surface area contributed by atoms with Crippen LogP contribution in [0.4, 0.5) is 0 Å². The standard InChI is InChI=1S/C14H20N4O/c1-10(2)17-8-4-3-6-11(17)13-15-16-14-12(19)7-5-9-18(13)14/h5,7,9-11,19H,3-4,6,8H2,1-2H3. The zero-order valence-electron chi connectivity index (χ0n) is 11.5. The Balaban J connectivity index is 2.05. The highest BCUT2D eigenvalue weighted by Crippen LogP contribution is 2.32. The molecule has 0 amide bonds. The van der Waals surface area contributed by atoms with Crippen molar-refractivity contribution in [3.05, 3.63) is 24.2 Å². The molecule has 1 atom stereocenters. The van der Waals surface area contributed by atoms with Crippen molar-refractivity contribution in [1.29, 1.82) is 0 Å². The Labute approximate surface area is 112 Å². The Kier molecular flexibility index (Phi) is 3.14. The van der Waals surface area contributed by atoms with Crippen LogP contribution in [0.25, 0.3) is 5.65 Å². The molecule has 2 aromatic rings. The van der Waals surface area contributed by atoms with Gasteiger partial charge >= 0.3 is 0 Å². The number of pyridine rings is 1. The van der Waals surface area contributed by atoms with Gasteiger partial charge in [0.25, 0.3) is 0 Å². The van der Waals surface area contributed by atoms with Gasteiger partial charge in [-0.15, -0.1) is 10.2 Å². The van der Waals surface area contributed by atoms with Gasteiger partial charge < -0.3 is 5.11 Å². The third-order valence-electron chi connectivity index (χ3n) is 3.95. The predicted molar refractivity (Wildman–Crippen MR) is 73.1 cm³/mol. The average Bonchev–Trinajstić information content (AvgIpc) is 2.84. The molecule has 5 nitrogen and oxygen atoms in total. The van der Waals surface area contributed by atoms with E-state index in [-0.39, 0.29) is 5.75 Å². The summed E-state index contributed by atoms with van der Waals surface area (Å²) in [5, 5.41) is 18.3. The summed E-state index contributed by atoms with van der Waals surface area (Å²) < 4.78 is 1.92. The van der Waals surface area contributed by atoms with E-state index in [9.17, 15) is 5.11 Å². The van der Waals surface area contributed by atoms with Crippen LogP contribution < -0.4 is 0 Å². The molecule has 1 saturated heterocycles. The van der Waals surface area contributed by atoms with Crippen molar-refractivity contribution in [3.8, 4) is 5.75 Å². The highest BCUT2D eigenvalue weighted by atomic mass is 16.3. The van der Waals surface area contributed by atoms with Gasteiger partial charge in [0, 0.05) is 12.2 Å². The summed E-state index contributed by atoms with van der Waals surface area (Å²) in [7, 11) is 0. The first-order chi connectivity index (χ1) is 9.18. The van der Waals surface area contributed by atoms with Gasteiger partial charge in [-0.25, -0.2) is 0 Å². The average molecular weight is 260 g/mol. The molecule has 0 aliphatic carbocycles. The lowest BCUT2D eigenvalue weighted by molar-refractivity contribution is 0.105. The lowest BCUT2D eigenvalue weighted by atomic mass is 10.00. The summed E-state index contributed by atoms with van der Waals surface area (Å²) in [6, 6.07) is 4.27. The molecule has 102 valence electrons. The largest absolute Gasteiger partial charge is 0.504 e. The number of fused-ring (bicyclic) bond motifs is 1. The maximum atomic E-state index is 9.82. The molecule has 19 heavy (non-hydrogen) atoms. The van der Waals surface area contributed by atoms with Crippen molar-refractivity contribution in [1.82, 2.24) is 19.5 Å². The van der Waals surface area contributed by atoms with E-state index in [1.54, 1.807) is 6.07 Å². The Bertz CT molecular complexity index is 578. The van der Waals surface area contributed by atoms with E-state index in [0.717, 1.165) is 18.8 Å². The Morgan fingerprint density at radius 3 is 2.95 bits per heavy atom. The molecule has 0 saturated carbocycles. The second-order valence-electron chi connectivity index (χ2n) is 5.49. The van der Waals surface area contributed by atoms with Crippen molar-refractivity contribution in [2.45, 2.75) is 45.2 Å². The lowest BCUT2D eigenvalue weighted by Gasteiger charge is -2.37. The topological polar surface area (TPSA) is 53.7 Å². The van der Waals surface area contributed by atoms with Gasteiger partial charge in [0.05, 0.1) is 6.04 Å². The number of rotatable bonds is 2. The van der Waals surface area contributed by atoms with Crippen LogP contribution in [0.2, 0.25) is 0 Å². The summed E-state index contributed by atoms with van der Waals surface area (Å²) in [6.07, 6.45) is 5.50. The minimum Gasteiger partial charge on any atom is -0.504 e. The molecule has 3 heterocycles. The smallest absolute Gasteiger partial charge is 0.203 e. The normalized spacial score (nSPS) is 21.3. The van der Waals surface area contributed by atoms with Crippen molar-refractivity contribution in [2.75, 3.05) is 6.54 Å². The number of piperidine rings is 1. The molecular formula is C14H20N4O. The van der Waals surface area contributed by atoms with Crippen LogP contribution in [-0.2, 0) is 0 Å². The number of hydrogen-bond acceptors (Lipinski definition) is 4. The molecule has 0 radical (unpaired) electrons. The van der Waals surface area contributed by atoms with E-state index in [1.807, 2.05) is 16.7 Å². The highest BCUT2D eigenvalue weighted by Gasteiger charge is 2.29. The number of likely N-dealkylation sites (tertiary alicyclic amines) is 1. The second-order valence-corrected chi connectivity index (χ2v) is 5.49. The molecule has 0 spiro atoms. The van der Waals surface area contributed by atoms with Gasteiger partial charge in [-0.1, -0.05) is 6.42 Å². The SMILES string of the molecule is CC(C)N1CCCCC1c1nnc2c(O)cccn12. The van der Waals surface area contributed by atoms with Crippen LogP contribution in [0, 0.1) is 0 Å². The van der Waals surface area contributed by atoms with Crippen LogP contribution in [-0.4, -0.2) is 37.2 Å².